The highest BCUT2D eigenvalue weighted by molar-refractivity contribution is 8.01. The third-order valence-electron chi connectivity index (χ3n) is 3.77. The lowest BCUT2D eigenvalue weighted by atomic mass is 9.92. The molecule has 0 N–H and O–H groups in total. The zero-order chi connectivity index (χ0) is 13.5. The van der Waals surface area contributed by atoms with Gasteiger partial charge in [-0.15, -0.1) is 11.8 Å². The number of hydrogen-bond donors (Lipinski definition) is 0. The van der Waals surface area contributed by atoms with Crippen LogP contribution < -0.4 is 0 Å². The van der Waals surface area contributed by atoms with Gasteiger partial charge in [0.1, 0.15) is 0 Å². The number of carbonyl (C=O) groups excluding carboxylic acids is 1. The normalized spacial score (nSPS) is 24.7. The molecule has 19 heavy (non-hydrogen) atoms. The van der Waals surface area contributed by atoms with Crippen molar-refractivity contribution in [2.24, 2.45) is 7.05 Å². The second-order valence-electron chi connectivity index (χ2n) is 5.34. The van der Waals surface area contributed by atoms with Crippen LogP contribution in [0.5, 0.6) is 0 Å². The second-order valence-corrected chi connectivity index (χ2v) is 6.83. The Labute approximate surface area is 117 Å². The fourth-order valence-electron chi connectivity index (χ4n) is 2.87. The summed E-state index contributed by atoms with van der Waals surface area (Å²) < 4.78 is 7.59. The van der Waals surface area contributed by atoms with E-state index in [0.29, 0.717) is 11.7 Å². The first kappa shape index (κ1) is 13.0. The van der Waals surface area contributed by atoms with Crippen molar-refractivity contribution in [3.05, 3.63) is 18.0 Å². The van der Waals surface area contributed by atoms with E-state index in [9.17, 15) is 4.79 Å². The lowest BCUT2D eigenvalue weighted by Crippen LogP contribution is -2.60. The molecule has 1 spiro atoms. The van der Waals surface area contributed by atoms with Crippen LogP contribution in [0.1, 0.15) is 23.7 Å². The van der Waals surface area contributed by atoms with Crippen LogP contribution in [0.4, 0.5) is 0 Å². The predicted octanol–water partition coefficient (Wildman–Crippen LogP) is 1.16. The van der Waals surface area contributed by atoms with E-state index in [-0.39, 0.29) is 10.7 Å². The number of hydrogen-bond acceptors (Lipinski definition) is 4. The Hall–Kier alpha value is -1.01. The highest BCUT2D eigenvalue weighted by Gasteiger charge is 2.50. The van der Waals surface area contributed by atoms with E-state index in [1.54, 1.807) is 17.1 Å². The molecule has 1 amide bonds. The molecule has 0 saturated carbocycles. The van der Waals surface area contributed by atoms with E-state index in [4.69, 9.17) is 4.74 Å². The molecule has 2 fully saturated rings. The van der Waals surface area contributed by atoms with Gasteiger partial charge < -0.3 is 9.64 Å². The molecule has 2 aliphatic rings. The quantitative estimate of drug-likeness (QED) is 0.834. The molecule has 1 aromatic heterocycles. The van der Waals surface area contributed by atoms with Crippen molar-refractivity contribution in [3.63, 3.8) is 0 Å². The van der Waals surface area contributed by atoms with Gasteiger partial charge in [0, 0.05) is 38.7 Å². The Morgan fingerprint density at radius 2 is 2.42 bits per heavy atom. The van der Waals surface area contributed by atoms with E-state index >= 15 is 0 Å². The number of carbonyl (C=O) groups is 1. The van der Waals surface area contributed by atoms with Crippen molar-refractivity contribution in [2.75, 3.05) is 25.4 Å². The Kier molecular flexibility index (Phi) is 3.30. The molecular weight excluding hydrogens is 262 g/mol. The van der Waals surface area contributed by atoms with Crippen molar-refractivity contribution in [1.29, 1.82) is 0 Å². The highest BCUT2D eigenvalue weighted by Crippen LogP contribution is 2.46. The van der Waals surface area contributed by atoms with E-state index in [0.717, 1.165) is 31.9 Å². The zero-order valence-electron chi connectivity index (χ0n) is 11.3. The first-order valence-corrected chi connectivity index (χ1v) is 7.64. The minimum absolute atomic E-state index is 0.0965. The number of likely N-dealkylation sites (tertiary alicyclic amines) is 1. The van der Waals surface area contributed by atoms with E-state index in [2.05, 4.69) is 5.10 Å². The smallest absolute Gasteiger partial charge is 0.257 e. The number of aryl methyl sites for hydroxylation is 1. The van der Waals surface area contributed by atoms with Gasteiger partial charge >= 0.3 is 0 Å². The van der Waals surface area contributed by atoms with Gasteiger partial charge in [-0.2, -0.15) is 5.10 Å². The van der Waals surface area contributed by atoms with Crippen molar-refractivity contribution in [1.82, 2.24) is 14.7 Å². The summed E-state index contributed by atoms with van der Waals surface area (Å²) in [4.78, 5) is 14.1. The summed E-state index contributed by atoms with van der Waals surface area (Å²) in [5, 5.41) is 4.05. The van der Waals surface area contributed by atoms with Gasteiger partial charge in [0.2, 0.25) is 0 Å². The maximum Gasteiger partial charge on any atom is 0.257 e. The molecule has 0 bridgehead atoms. The molecule has 6 heteroatoms. The molecule has 2 saturated heterocycles. The van der Waals surface area contributed by atoms with Gasteiger partial charge in [0.05, 0.1) is 22.6 Å². The van der Waals surface area contributed by atoms with Gasteiger partial charge in [-0.1, -0.05) is 0 Å². The van der Waals surface area contributed by atoms with E-state index in [1.807, 2.05) is 30.6 Å². The lowest BCUT2D eigenvalue weighted by Gasteiger charge is -2.47. The first-order valence-electron chi connectivity index (χ1n) is 6.65. The standard InChI is InChI=1S/C13H19N3O2S/c1-3-18-11-4-13(19-7-11)8-16(9-13)12(17)10-5-14-15(2)6-10/h5-6,11H,3-4,7-9H2,1-2H3/t11-/m1/s1. The van der Waals surface area contributed by atoms with Crippen molar-refractivity contribution in [2.45, 2.75) is 24.2 Å². The number of rotatable bonds is 3. The average Bonchev–Trinajstić information content (AvgIpc) is 2.94. The summed E-state index contributed by atoms with van der Waals surface area (Å²) in [6, 6.07) is 0. The molecule has 5 nitrogen and oxygen atoms in total. The Balaban J connectivity index is 1.57. The summed E-state index contributed by atoms with van der Waals surface area (Å²) >= 11 is 1.96. The number of nitrogens with zero attached hydrogens (tertiary/aromatic N) is 3. The molecule has 3 heterocycles. The van der Waals surface area contributed by atoms with Crippen LogP contribution in [-0.2, 0) is 11.8 Å². The van der Waals surface area contributed by atoms with Gasteiger partial charge in [0.15, 0.2) is 0 Å². The molecular formula is C13H19N3O2S. The van der Waals surface area contributed by atoms with Crippen LogP contribution in [0.2, 0.25) is 0 Å². The molecule has 0 aliphatic carbocycles. The van der Waals surface area contributed by atoms with Crippen LogP contribution in [0.25, 0.3) is 0 Å². The Bertz CT molecular complexity index is 482. The topological polar surface area (TPSA) is 47.4 Å². The lowest BCUT2D eigenvalue weighted by molar-refractivity contribution is 0.0359. The SMILES string of the molecule is CCO[C@H]1CSC2(C1)CN(C(=O)c1cnn(C)c1)C2. The highest BCUT2D eigenvalue weighted by atomic mass is 32.2. The summed E-state index contributed by atoms with van der Waals surface area (Å²) in [6.45, 7) is 4.50. The summed E-state index contributed by atoms with van der Waals surface area (Å²) in [5.74, 6) is 1.15. The first-order chi connectivity index (χ1) is 9.12. The molecule has 2 aliphatic heterocycles. The van der Waals surface area contributed by atoms with Crippen LogP contribution in [0.3, 0.4) is 0 Å². The molecule has 3 rings (SSSR count). The molecule has 0 radical (unpaired) electrons. The number of aromatic nitrogens is 2. The summed E-state index contributed by atoms with van der Waals surface area (Å²) in [6.07, 6.45) is 4.85. The maximum atomic E-state index is 12.2. The average molecular weight is 281 g/mol. The number of amides is 1. The molecule has 104 valence electrons. The van der Waals surface area contributed by atoms with Gasteiger partial charge in [0.25, 0.3) is 5.91 Å². The molecule has 0 unspecified atom stereocenters. The van der Waals surface area contributed by atoms with Crippen LogP contribution in [0, 0.1) is 0 Å². The predicted molar refractivity (Wildman–Crippen MR) is 74.3 cm³/mol. The van der Waals surface area contributed by atoms with Crippen molar-refractivity contribution < 1.29 is 9.53 Å². The third kappa shape index (κ3) is 2.39. The van der Waals surface area contributed by atoms with Crippen molar-refractivity contribution >= 4 is 17.7 Å². The fourth-order valence-corrected chi connectivity index (χ4v) is 4.42. The summed E-state index contributed by atoms with van der Waals surface area (Å²) in [7, 11) is 1.83. The third-order valence-corrected chi connectivity index (χ3v) is 5.35. The van der Waals surface area contributed by atoms with Crippen molar-refractivity contribution in [3.8, 4) is 0 Å². The van der Waals surface area contributed by atoms with E-state index < -0.39 is 0 Å². The molecule has 1 aromatic rings. The van der Waals surface area contributed by atoms with Gasteiger partial charge in [-0.05, 0) is 13.3 Å². The Morgan fingerprint density at radius 1 is 1.63 bits per heavy atom. The summed E-state index contributed by atoms with van der Waals surface area (Å²) in [5.41, 5.74) is 0.682. The number of ether oxygens (including phenoxy) is 1. The number of thioether (sulfide) groups is 1. The monoisotopic (exact) mass is 281 g/mol. The largest absolute Gasteiger partial charge is 0.378 e. The maximum absolute atomic E-state index is 12.2. The van der Waals surface area contributed by atoms with Crippen LogP contribution >= 0.6 is 11.8 Å². The fraction of sp³-hybridized carbons (Fsp3) is 0.692. The van der Waals surface area contributed by atoms with Crippen LogP contribution in [0.15, 0.2) is 12.4 Å². The van der Waals surface area contributed by atoms with Crippen LogP contribution in [-0.4, -0.2) is 56.9 Å². The van der Waals surface area contributed by atoms with Gasteiger partial charge in [-0.25, -0.2) is 0 Å². The van der Waals surface area contributed by atoms with Gasteiger partial charge in [-0.3, -0.25) is 9.48 Å². The Morgan fingerprint density at radius 3 is 3.05 bits per heavy atom. The zero-order valence-corrected chi connectivity index (χ0v) is 12.2. The molecule has 0 aromatic carbocycles. The molecule has 1 atom stereocenters. The van der Waals surface area contributed by atoms with E-state index in [1.165, 1.54) is 0 Å². The second kappa shape index (κ2) is 4.83. The minimum atomic E-state index is 0.0965. The minimum Gasteiger partial charge on any atom is -0.378 e.